The van der Waals surface area contributed by atoms with Crippen LogP contribution in [0.1, 0.15) is 42.4 Å². The Balaban J connectivity index is 1.31. The summed E-state index contributed by atoms with van der Waals surface area (Å²) in [6.45, 7) is 5.56. The number of anilines is 1. The summed E-state index contributed by atoms with van der Waals surface area (Å²) in [7, 11) is 0. The van der Waals surface area contributed by atoms with Crippen molar-refractivity contribution in [3.05, 3.63) is 65.2 Å². The van der Waals surface area contributed by atoms with Gasteiger partial charge in [-0.2, -0.15) is 0 Å². The largest absolute Gasteiger partial charge is 0.371 e. The number of nitrogens with one attached hydrogen (secondary N) is 3. The zero-order valence-corrected chi connectivity index (χ0v) is 18.8. The molecule has 1 saturated heterocycles. The normalized spacial score (nSPS) is 21.0. The van der Waals surface area contributed by atoms with Gasteiger partial charge in [0.25, 0.3) is 0 Å². The minimum absolute atomic E-state index is 0.0331. The highest BCUT2D eigenvalue weighted by Crippen LogP contribution is 2.33. The molecular weight excluding hydrogens is 398 g/mol. The standard InChI is InChI=1S/C26H33N5O/c1-19-13-21(9-12-31(19)26(32)29-17-20-5-3-2-4-6-20)18-30-11-10-23-14-22(7-8-25(23)30)24(15-27)16-28/h2-8,14-16,19,21,24,27-28H,9-13,17-18H2,1H3,(H,29,32). The van der Waals surface area contributed by atoms with E-state index in [1.165, 1.54) is 23.7 Å². The number of amides is 2. The second-order valence-corrected chi connectivity index (χ2v) is 9.02. The van der Waals surface area contributed by atoms with Crippen molar-refractivity contribution in [3.63, 3.8) is 0 Å². The van der Waals surface area contributed by atoms with Crippen molar-refractivity contribution in [2.45, 2.75) is 44.7 Å². The van der Waals surface area contributed by atoms with Crippen LogP contribution in [0.2, 0.25) is 0 Å². The lowest BCUT2D eigenvalue weighted by molar-refractivity contribution is 0.136. The number of benzene rings is 2. The SMILES string of the molecule is CC1CC(CN2CCc3cc(C(C=N)C=N)ccc32)CCN1C(=O)NCc1ccccc1. The monoisotopic (exact) mass is 431 g/mol. The van der Waals surface area contributed by atoms with Crippen LogP contribution < -0.4 is 10.2 Å². The molecule has 2 aliphatic rings. The Morgan fingerprint density at radius 3 is 2.66 bits per heavy atom. The van der Waals surface area contributed by atoms with Crippen LogP contribution in [-0.4, -0.2) is 49.0 Å². The first-order valence-electron chi connectivity index (χ1n) is 11.6. The molecule has 2 aromatic carbocycles. The Morgan fingerprint density at radius 1 is 1.16 bits per heavy atom. The summed E-state index contributed by atoms with van der Waals surface area (Å²) in [6.07, 6.45) is 5.71. The molecule has 2 heterocycles. The fourth-order valence-corrected chi connectivity index (χ4v) is 5.05. The summed E-state index contributed by atoms with van der Waals surface area (Å²) in [6, 6.07) is 16.7. The van der Waals surface area contributed by atoms with Crippen molar-refractivity contribution in [3.8, 4) is 0 Å². The molecule has 32 heavy (non-hydrogen) atoms. The molecule has 6 heteroatoms. The summed E-state index contributed by atoms with van der Waals surface area (Å²) in [5.74, 6) is 0.345. The van der Waals surface area contributed by atoms with Crippen molar-refractivity contribution in [2.24, 2.45) is 5.92 Å². The first-order chi connectivity index (χ1) is 15.6. The summed E-state index contributed by atoms with van der Waals surface area (Å²) in [5, 5.41) is 18.1. The number of urea groups is 1. The molecule has 2 aliphatic heterocycles. The van der Waals surface area contributed by atoms with E-state index in [4.69, 9.17) is 10.8 Å². The van der Waals surface area contributed by atoms with Gasteiger partial charge in [-0.25, -0.2) is 4.79 Å². The molecule has 0 spiro atoms. The molecule has 168 valence electrons. The Labute approximate surface area is 190 Å². The third-order valence-electron chi connectivity index (χ3n) is 6.85. The van der Waals surface area contributed by atoms with Crippen LogP contribution in [0, 0.1) is 16.7 Å². The third-order valence-corrected chi connectivity index (χ3v) is 6.85. The predicted octanol–water partition coefficient (Wildman–Crippen LogP) is 4.44. The number of hydrogen-bond donors (Lipinski definition) is 3. The van der Waals surface area contributed by atoms with Gasteiger partial charge in [0.15, 0.2) is 0 Å². The van der Waals surface area contributed by atoms with Crippen molar-refractivity contribution >= 4 is 24.1 Å². The smallest absolute Gasteiger partial charge is 0.317 e. The third kappa shape index (κ3) is 4.85. The van der Waals surface area contributed by atoms with Crippen molar-refractivity contribution in [2.75, 3.05) is 24.5 Å². The number of likely N-dealkylation sites (tertiary alicyclic amines) is 1. The number of rotatable bonds is 7. The number of carbonyl (C=O) groups is 1. The Kier molecular flexibility index (Phi) is 6.88. The lowest BCUT2D eigenvalue weighted by Crippen LogP contribution is -2.50. The number of nitrogens with zero attached hydrogens (tertiary/aromatic N) is 2. The topological polar surface area (TPSA) is 83.3 Å². The van der Waals surface area contributed by atoms with E-state index in [1.54, 1.807) is 0 Å². The summed E-state index contributed by atoms with van der Waals surface area (Å²) < 4.78 is 0. The van der Waals surface area contributed by atoms with Crippen LogP contribution in [0.3, 0.4) is 0 Å². The van der Waals surface area contributed by atoms with Crippen molar-refractivity contribution in [1.29, 1.82) is 10.8 Å². The van der Waals surface area contributed by atoms with Gasteiger partial charge in [-0.3, -0.25) is 0 Å². The van der Waals surface area contributed by atoms with Gasteiger partial charge in [-0.15, -0.1) is 0 Å². The second-order valence-electron chi connectivity index (χ2n) is 9.02. The lowest BCUT2D eigenvalue weighted by Gasteiger charge is -2.39. The second kappa shape index (κ2) is 9.98. The highest BCUT2D eigenvalue weighted by molar-refractivity contribution is 5.88. The molecule has 0 aromatic heterocycles. The van der Waals surface area contributed by atoms with E-state index >= 15 is 0 Å². The van der Waals surface area contributed by atoms with Crippen LogP contribution in [0.15, 0.2) is 48.5 Å². The Hall–Kier alpha value is -3.15. The van der Waals surface area contributed by atoms with Crippen molar-refractivity contribution < 1.29 is 4.79 Å². The molecule has 4 rings (SSSR count). The lowest BCUT2D eigenvalue weighted by atomic mass is 9.91. The van der Waals surface area contributed by atoms with E-state index in [1.807, 2.05) is 35.2 Å². The molecular formula is C26H33N5O. The average molecular weight is 432 g/mol. The molecule has 2 atom stereocenters. The van der Waals surface area contributed by atoms with Crippen LogP contribution in [0.25, 0.3) is 0 Å². The molecule has 2 unspecified atom stereocenters. The molecule has 0 bridgehead atoms. The van der Waals surface area contributed by atoms with E-state index < -0.39 is 0 Å². The van der Waals surface area contributed by atoms with Crippen LogP contribution in [0.5, 0.6) is 0 Å². The maximum atomic E-state index is 12.7. The highest BCUT2D eigenvalue weighted by atomic mass is 16.2. The van der Waals surface area contributed by atoms with E-state index in [-0.39, 0.29) is 18.0 Å². The van der Waals surface area contributed by atoms with Gasteiger partial charge in [0.1, 0.15) is 0 Å². The number of carbonyl (C=O) groups excluding carboxylic acids is 1. The quantitative estimate of drug-likeness (QED) is 0.566. The van der Waals surface area contributed by atoms with Gasteiger partial charge in [0, 0.05) is 50.3 Å². The average Bonchev–Trinajstić information content (AvgIpc) is 3.21. The number of piperidine rings is 1. The first kappa shape index (κ1) is 22.1. The molecule has 0 aliphatic carbocycles. The number of hydrogen-bond acceptors (Lipinski definition) is 4. The maximum absolute atomic E-state index is 12.7. The van der Waals surface area contributed by atoms with E-state index in [0.717, 1.165) is 50.0 Å². The van der Waals surface area contributed by atoms with Crippen LogP contribution in [-0.2, 0) is 13.0 Å². The van der Waals surface area contributed by atoms with Gasteiger partial charge >= 0.3 is 6.03 Å². The zero-order valence-electron chi connectivity index (χ0n) is 18.8. The minimum Gasteiger partial charge on any atom is -0.371 e. The van der Waals surface area contributed by atoms with Crippen molar-refractivity contribution in [1.82, 2.24) is 10.2 Å². The predicted molar refractivity (Wildman–Crippen MR) is 130 cm³/mol. The molecule has 6 nitrogen and oxygen atoms in total. The van der Waals surface area contributed by atoms with Crippen LogP contribution in [0.4, 0.5) is 10.5 Å². The van der Waals surface area contributed by atoms with Gasteiger partial charge < -0.3 is 25.9 Å². The number of fused-ring (bicyclic) bond motifs is 1. The first-order valence-corrected chi connectivity index (χ1v) is 11.6. The van der Waals surface area contributed by atoms with Gasteiger partial charge in [0.2, 0.25) is 0 Å². The maximum Gasteiger partial charge on any atom is 0.317 e. The molecule has 2 amide bonds. The van der Waals surface area contributed by atoms with Gasteiger partial charge in [0.05, 0.1) is 5.92 Å². The van der Waals surface area contributed by atoms with E-state index in [9.17, 15) is 4.79 Å². The Morgan fingerprint density at radius 2 is 1.94 bits per heavy atom. The Bertz CT molecular complexity index is 952. The van der Waals surface area contributed by atoms with Gasteiger partial charge in [-0.05, 0) is 54.9 Å². The fraction of sp³-hybridized carbons (Fsp3) is 0.423. The summed E-state index contributed by atoms with van der Waals surface area (Å²) in [4.78, 5) is 17.2. The van der Waals surface area contributed by atoms with E-state index in [2.05, 4.69) is 35.3 Å². The molecule has 2 aromatic rings. The summed E-state index contributed by atoms with van der Waals surface area (Å²) in [5.41, 5.74) is 4.76. The fourth-order valence-electron chi connectivity index (χ4n) is 5.05. The van der Waals surface area contributed by atoms with E-state index in [0.29, 0.717) is 12.5 Å². The summed E-state index contributed by atoms with van der Waals surface area (Å²) >= 11 is 0. The zero-order chi connectivity index (χ0) is 22.5. The van der Waals surface area contributed by atoms with Crippen LogP contribution >= 0.6 is 0 Å². The minimum atomic E-state index is -0.229. The van der Waals surface area contributed by atoms with Gasteiger partial charge in [-0.1, -0.05) is 42.5 Å². The molecule has 1 fully saturated rings. The molecule has 0 saturated carbocycles. The molecule has 3 N–H and O–H groups in total. The highest BCUT2D eigenvalue weighted by Gasteiger charge is 2.31. The molecule has 0 radical (unpaired) electrons.